The van der Waals surface area contributed by atoms with Crippen LogP contribution in [0.5, 0.6) is 5.75 Å². The zero-order valence-corrected chi connectivity index (χ0v) is 10.5. The molecule has 8 heteroatoms. The molecule has 0 fully saturated rings. The molecule has 104 valence electrons. The highest BCUT2D eigenvalue weighted by Gasteiger charge is 2.05. The number of benzene rings is 1. The predicted molar refractivity (Wildman–Crippen MR) is 66.2 cm³/mol. The molecule has 0 atom stereocenters. The van der Waals surface area contributed by atoms with Crippen LogP contribution in [0.1, 0.15) is 5.56 Å². The summed E-state index contributed by atoms with van der Waals surface area (Å²) in [6, 6.07) is 7.02. The summed E-state index contributed by atoms with van der Waals surface area (Å²) < 4.78 is 36.4. The molecule has 2 N–H and O–H groups in total. The van der Waals surface area contributed by atoms with Gasteiger partial charge in [-0.15, -0.1) is 6.58 Å². The normalized spacial score (nSPS) is 9.79. The fourth-order valence-electron chi connectivity index (χ4n) is 1.06. The molecule has 0 saturated heterocycles. The van der Waals surface area contributed by atoms with E-state index < -0.39 is 16.4 Å². The van der Waals surface area contributed by atoms with Gasteiger partial charge in [-0.1, -0.05) is 24.3 Å². The highest BCUT2D eigenvalue weighted by atomic mass is 32.3. The largest absolute Gasteiger partial charge is 0.421 e. The van der Waals surface area contributed by atoms with E-state index in [1.165, 1.54) is 0 Å². The molecule has 0 heterocycles. The molecule has 1 rings (SSSR count). The maximum Gasteiger partial charge on any atom is 0.394 e. The van der Waals surface area contributed by atoms with Crippen molar-refractivity contribution in [1.29, 1.82) is 0 Å². The van der Waals surface area contributed by atoms with Gasteiger partial charge in [-0.05, 0) is 18.1 Å². The molecule has 0 amide bonds. The van der Waals surface area contributed by atoms with Crippen LogP contribution in [0.4, 0.5) is 0 Å². The van der Waals surface area contributed by atoms with Gasteiger partial charge in [0.25, 0.3) is 0 Å². The van der Waals surface area contributed by atoms with Crippen molar-refractivity contribution < 1.29 is 31.8 Å². The minimum atomic E-state index is -4.67. The van der Waals surface area contributed by atoms with E-state index in [2.05, 4.69) is 6.58 Å². The first-order valence-corrected chi connectivity index (χ1v) is 6.23. The number of para-hydroxylation sites is 1. The van der Waals surface area contributed by atoms with Crippen LogP contribution in [0, 0.1) is 0 Å². The fourth-order valence-corrected chi connectivity index (χ4v) is 1.06. The summed E-state index contributed by atoms with van der Waals surface area (Å²) in [5.74, 6) is -0.481. The van der Waals surface area contributed by atoms with Gasteiger partial charge in [-0.25, -0.2) is 4.79 Å². The molecular formula is C11H12O7S. The average molecular weight is 288 g/mol. The predicted octanol–water partition coefficient (Wildman–Crippen LogP) is 0.867. The first kappa shape index (κ1) is 17.0. The van der Waals surface area contributed by atoms with Crippen molar-refractivity contribution in [2.75, 3.05) is 0 Å². The lowest BCUT2D eigenvalue weighted by Crippen LogP contribution is -2.09. The van der Waals surface area contributed by atoms with E-state index in [1.807, 2.05) is 12.1 Å². The third-order valence-corrected chi connectivity index (χ3v) is 1.64. The summed E-state index contributed by atoms with van der Waals surface area (Å²) in [7, 11) is -4.67. The van der Waals surface area contributed by atoms with Crippen LogP contribution in [0.25, 0.3) is 0 Å². The molecule has 0 radical (unpaired) electrons. The smallest absolute Gasteiger partial charge is 0.394 e. The van der Waals surface area contributed by atoms with E-state index in [4.69, 9.17) is 22.3 Å². The molecule has 0 aromatic heterocycles. The lowest BCUT2D eigenvalue weighted by molar-refractivity contribution is -0.141. The summed E-state index contributed by atoms with van der Waals surface area (Å²) in [5, 5.41) is 0. The third kappa shape index (κ3) is 9.65. The first-order valence-electron chi connectivity index (χ1n) is 4.83. The van der Waals surface area contributed by atoms with Gasteiger partial charge >= 0.3 is 16.4 Å². The Labute approximate surface area is 110 Å². The van der Waals surface area contributed by atoms with Crippen LogP contribution < -0.4 is 4.74 Å². The monoisotopic (exact) mass is 288 g/mol. The molecule has 0 aliphatic heterocycles. The van der Waals surface area contributed by atoms with E-state index in [9.17, 15) is 9.59 Å². The van der Waals surface area contributed by atoms with Crippen molar-refractivity contribution in [3.63, 3.8) is 0 Å². The summed E-state index contributed by atoms with van der Waals surface area (Å²) in [6.45, 7) is 3.59. The summed E-state index contributed by atoms with van der Waals surface area (Å²) in [6.07, 6.45) is 2.45. The molecule has 0 spiro atoms. The van der Waals surface area contributed by atoms with Crippen LogP contribution >= 0.6 is 0 Å². The molecule has 0 aliphatic rings. The standard InChI is InChI=1S/C11H10O3.H2O4S/c1-2-5-9-6-3-4-7-10(9)14-11(13)8-12;1-5(2,3)4/h2-4,6-8H,1,5H2;(H2,1,2,3,4). The maximum absolute atomic E-state index is 10.7. The third-order valence-electron chi connectivity index (χ3n) is 1.64. The lowest BCUT2D eigenvalue weighted by Gasteiger charge is -2.05. The molecule has 7 nitrogen and oxygen atoms in total. The van der Waals surface area contributed by atoms with Crippen LogP contribution in [0.3, 0.4) is 0 Å². The summed E-state index contributed by atoms with van der Waals surface area (Å²) in [4.78, 5) is 20.8. The number of rotatable bonds is 4. The summed E-state index contributed by atoms with van der Waals surface area (Å²) >= 11 is 0. The number of allylic oxidation sites excluding steroid dienone is 1. The Hall–Kier alpha value is -2.03. The van der Waals surface area contributed by atoms with Crippen LogP contribution in [-0.4, -0.2) is 29.8 Å². The Morgan fingerprint density at radius 2 is 1.84 bits per heavy atom. The SMILES string of the molecule is C=CCc1ccccc1OC(=O)C=O.O=S(=O)(O)O. The van der Waals surface area contributed by atoms with Crippen molar-refractivity contribution in [2.45, 2.75) is 6.42 Å². The molecule has 19 heavy (non-hydrogen) atoms. The average Bonchev–Trinajstić information content (AvgIpc) is 2.29. The van der Waals surface area contributed by atoms with Crippen LogP contribution in [-0.2, 0) is 26.4 Å². The highest BCUT2D eigenvalue weighted by Crippen LogP contribution is 2.18. The fraction of sp³-hybridized carbons (Fsp3) is 0.0909. The second kappa shape index (κ2) is 8.14. The molecule has 1 aromatic rings. The number of hydrogen-bond donors (Lipinski definition) is 2. The minimum Gasteiger partial charge on any atom is -0.421 e. The van der Waals surface area contributed by atoms with Gasteiger partial charge in [0.15, 0.2) is 0 Å². The van der Waals surface area contributed by atoms with Crippen molar-refractivity contribution >= 4 is 22.7 Å². The second-order valence-corrected chi connectivity index (χ2v) is 3.98. The molecule has 0 saturated carbocycles. The van der Waals surface area contributed by atoms with Gasteiger partial charge in [0.1, 0.15) is 5.75 Å². The summed E-state index contributed by atoms with van der Waals surface area (Å²) in [5.41, 5.74) is 0.831. The number of carbonyl (C=O) groups excluding carboxylic acids is 2. The van der Waals surface area contributed by atoms with Crippen molar-refractivity contribution in [3.8, 4) is 5.75 Å². The Bertz CT molecular complexity index is 540. The molecule has 0 aliphatic carbocycles. The number of hydrogen-bond acceptors (Lipinski definition) is 5. The van der Waals surface area contributed by atoms with Gasteiger partial charge in [0, 0.05) is 0 Å². The Balaban J connectivity index is 0.000000555. The zero-order valence-electron chi connectivity index (χ0n) is 9.72. The Morgan fingerprint density at radius 1 is 1.32 bits per heavy atom. The van der Waals surface area contributed by atoms with Crippen LogP contribution in [0.15, 0.2) is 36.9 Å². The minimum absolute atomic E-state index is 0.144. The maximum atomic E-state index is 10.7. The number of aldehydes is 1. The zero-order chi connectivity index (χ0) is 14.9. The molecule has 0 bridgehead atoms. The molecule has 1 aromatic carbocycles. The van der Waals surface area contributed by atoms with Gasteiger partial charge in [-0.2, -0.15) is 8.42 Å². The van der Waals surface area contributed by atoms with Crippen molar-refractivity contribution in [2.24, 2.45) is 0 Å². The van der Waals surface area contributed by atoms with Crippen LogP contribution in [0.2, 0.25) is 0 Å². The van der Waals surface area contributed by atoms with E-state index >= 15 is 0 Å². The van der Waals surface area contributed by atoms with Gasteiger partial charge in [-0.3, -0.25) is 13.9 Å². The Kier molecular flexibility index (Phi) is 7.27. The molecular weight excluding hydrogens is 276 g/mol. The van der Waals surface area contributed by atoms with Crippen molar-refractivity contribution in [1.82, 2.24) is 0 Å². The quantitative estimate of drug-likeness (QED) is 0.211. The van der Waals surface area contributed by atoms with Gasteiger partial charge in [0.05, 0.1) is 0 Å². The number of carbonyl (C=O) groups is 2. The first-order chi connectivity index (χ1) is 8.77. The second-order valence-electron chi connectivity index (χ2n) is 3.09. The van der Waals surface area contributed by atoms with E-state index in [0.29, 0.717) is 12.2 Å². The molecule has 0 unspecified atom stereocenters. The van der Waals surface area contributed by atoms with E-state index in [1.54, 1.807) is 18.2 Å². The lowest BCUT2D eigenvalue weighted by atomic mass is 10.1. The van der Waals surface area contributed by atoms with Crippen molar-refractivity contribution in [3.05, 3.63) is 42.5 Å². The van der Waals surface area contributed by atoms with Gasteiger partial charge in [0.2, 0.25) is 6.29 Å². The van der Waals surface area contributed by atoms with Gasteiger partial charge < -0.3 is 4.74 Å². The Morgan fingerprint density at radius 3 is 2.32 bits per heavy atom. The number of ether oxygens (including phenoxy) is 1. The highest BCUT2D eigenvalue weighted by molar-refractivity contribution is 7.79. The number of esters is 1. The van der Waals surface area contributed by atoms with E-state index in [-0.39, 0.29) is 6.29 Å². The topological polar surface area (TPSA) is 118 Å². The van der Waals surface area contributed by atoms with E-state index in [0.717, 1.165) is 5.56 Å².